The number of piperidine rings is 1. The third kappa shape index (κ3) is 5.06. The molecule has 1 amide bonds. The summed E-state index contributed by atoms with van der Waals surface area (Å²) < 4.78 is 55.9. The first-order chi connectivity index (χ1) is 17.1. The van der Waals surface area contributed by atoms with Crippen LogP contribution in [0.25, 0.3) is 5.65 Å². The van der Waals surface area contributed by atoms with Gasteiger partial charge >= 0.3 is 6.18 Å². The fourth-order valence-corrected chi connectivity index (χ4v) is 5.23. The molecule has 12 heteroatoms. The molecule has 1 N–H and O–H groups in total. The molecule has 3 aromatic rings. The van der Waals surface area contributed by atoms with Crippen molar-refractivity contribution in [1.82, 2.24) is 24.4 Å². The third-order valence-corrected chi connectivity index (χ3v) is 7.52. The second-order valence-corrected chi connectivity index (χ2v) is 10.2. The lowest BCUT2D eigenvalue weighted by molar-refractivity contribution is -0.141. The number of nitrogens with one attached hydrogen (secondary N) is 1. The molecule has 2 fully saturated rings. The van der Waals surface area contributed by atoms with E-state index < -0.39 is 17.3 Å². The quantitative estimate of drug-likeness (QED) is 0.448. The van der Waals surface area contributed by atoms with Gasteiger partial charge in [0.25, 0.3) is 0 Å². The molecule has 192 valence electrons. The van der Waals surface area contributed by atoms with Crippen molar-refractivity contribution in [1.29, 1.82) is 0 Å². The van der Waals surface area contributed by atoms with E-state index in [1.54, 1.807) is 12.1 Å². The summed E-state index contributed by atoms with van der Waals surface area (Å²) >= 11 is 3.20. The van der Waals surface area contributed by atoms with Crippen LogP contribution >= 0.6 is 15.9 Å². The monoisotopic (exact) mass is 568 g/mol. The molecule has 0 bridgehead atoms. The predicted molar refractivity (Wildman–Crippen MR) is 129 cm³/mol. The number of anilines is 1. The van der Waals surface area contributed by atoms with Crippen LogP contribution in [-0.2, 0) is 16.4 Å². The highest BCUT2D eigenvalue weighted by Crippen LogP contribution is 2.37. The van der Waals surface area contributed by atoms with Gasteiger partial charge in [0.2, 0.25) is 5.91 Å². The molecule has 1 aromatic carbocycles. The Morgan fingerprint density at radius 3 is 2.39 bits per heavy atom. The molecule has 0 unspecified atom stereocenters. The minimum Gasteiger partial charge on any atom is -0.369 e. The molecular formula is C24H25BrF4N6O. The molecule has 36 heavy (non-hydrogen) atoms. The van der Waals surface area contributed by atoms with Crippen molar-refractivity contribution in [2.24, 2.45) is 0 Å². The van der Waals surface area contributed by atoms with E-state index >= 15 is 0 Å². The van der Waals surface area contributed by atoms with Gasteiger partial charge < -0.3 is 10.2 Å². The van der Waals surface area contributed by atoms with Gasteiger partial charge in [-0.1, -0.05) is 12.1 Å². The fraction of sp³-hybridized carbons (Fsp3) is 0.458. The van der Waals surface area contributed by atoms with Gasteiger partial charge in [-0.25, -0.2) is 9.37 Å². The zero-order valence-corrected chi connectivity index (χ0v) is 20.9. The van der Waals surface area contributed by atoms with Gasteiger partial charge in [0.05, 0.1) is 6.54 Å². The average molecular weight is 569 g/mol. The van der Waals surface area contributed by atoms with Crippen LogP contribution in [0.2, 0.25) is 0 Å². The van der Waals surface area contributed by atoms with E-state index in [0.717, 1.165) is 31.1 Å². The number of rotatable bonds is 6. The Hall–Kier alpha value is -2.73. The molecule has 2 aliphatic rings. The second kappa shape index (κ2) is 9.62. The number of nitrogens with zero attached hydrogens (tertiary/aromatic N) is 5. The summed E-state index contributed by atoms with van der Waals surface area (Å²) in [6.07, 6.45) is -2.34. The SMILES string of the molecule is O=C(CN1CCC1)N1CCC(CNc2cc(C(F)(F)F)nc3cc(Br)nn23)(c2ccc(F)cc2)CC1. The van der Waals surface area contributed by atoms with Crippen molar-refractivity contribution in [3.8, 4) is 0 Å². The molecule has 0 aliphatic carbocycles. The molecule has 0 saturated carbocycles. The summed E-state index contributed by atoms with van der Waals surface area (Å²) in [7, 11) is 0. The minimum absolute atomic E-state index is 0.0569. The Kier molecular flexibility index (Phi) is 6.67. The predicted octanol–water partition coefficient (Wildman–Crippen LogP) is 4.33. The number of carbonyl (C=O) groups is 1. The van der Waals surface area contributed by atoms with Crippen LogP contribution < -0.4 is 5.32 Å². The van der Waals surface area contributed by atoms with Gasteiger partial charge in [-0.15, -0.1) is 0 Å². The van der Waals surface area contributed by atoms with E-state index in [1.165, 1.54) is 22.7 Å². The number of fused-ring (bicyclic) bond motifs is 1. The number of hydrogen-bond donors (Lipinski definition) is 1. The first-order valence-corrected chi connectivity index (χ1v) is 12.6. The van der Waals surface area contributed by atoms with E-state index in [0.29, 0.717) is 37.1 Å². The topological polar surface area (TPSA) is 65.8 Å². The highest BCUT2D eigenvalue weighted by atomic mass is 79.9. The van der Waals surface area contributed by atoms with E-state index in [4.69, 9.17) is 0 Å². The largest absolute Gasteiger partial charge is 0.433 e. The van der Waals surface area contributed by atoms with Crippen molar-refractivity contribution in [3.05, 3.63) is 58.1 Å². The Bertz CT molecular complexity index is 1250. The van der Waals surface area contributed by atoms with Crippen LogP contribution in [0.4, 0.5) is 23.4 Å². The number of amides is 1. The molecule has 5 rings (SSSR count). The molecular weight excluding hydrogens is 544 g/mol. The lowest BCUT2D eigenvalue weighted by atomic mass is 9.72. The molecule has 0 radical (unpaired) electrons. The Labute approximate surface area is 213 Å². The second-order valence-electron chi connectivity index (χ2n) is 9.41. The minimum atomic E-state index is -4.62. The van der Waals surface area contributed by atoms with E-state index in [2.05, 4.69) is 36.2 Å². The fourth-order valence-electron chi connectivity index (χ4n) is 4.86. The average Bonchev–Trinajstić information content (AvgIpc) is 3.20. The van der Waals surface area contributed by atoms with Crippen LogP contribution in [0.15, 0.2) is 41.0 Å². The molecule has 7 nitrogen and oxygen atoms in total. The van der Waals surface area contributed by atoms with Crippen molar-refractivity contribution >= 4 is 33.3 Å². The zero-order chi connectivity index (χ0) is 25.5. The number of aromatic nitrogens is 3. The van der Waals surface area contributed by atoms with Crippen molar-refractivity contribution in [2.45, 2.75) is 30.9 Å². The smallest absolute Gasteiger partial charge is 0.369 e. The van der Waals surface area contributed by atoms with Crippen molar-refractivity contribution in [3.63, 3.8) is 0 Å². The lowest BCUT2D eigenvalue weighted by Gasteiger charge is -2.43. The summed E-state index contributed by atoms with van der Waals surface area (Å²) in [6.45, 7) is 3.59. The van der Waals surface area contributed by atoms with Gasteiger partial charge in [-0.3, -0.25) is 9.69 Å². The number of halogens is 5. The molecule has 0 atom stereocenters. The zero-order valence-electron chi connectivity index (χ0n) is 19.4. The number of alkyl halides is 3. The summed E-state index contributed by atoms with van der Waals surface area (Å²) in [5, 5.41) is 7.38. The highest BCUT2D eigenvalue weighted by molar-refractivity contribution is 9.10. The molecule has 0 spiro atoms. The lowest BCUT2D eigenvalue weighted by Crippen LogP contribution is -2.52. The number of carbonyl (C=O) groups excluding carboxylic acids is 1. The van der Waals surface area contributed by atoms with Crippen LogP contribution in [0.5, 0.6) is 0 Å². The first kappa shape index (κ1) is 24.9. The summed E-state index contributed by atoms with van der Waals surface area (Å²) in [5.41, 5.74) is -0.609. The summed E-state index contributed by atoms with van der Waals surface area (Å²) in [5.74, 6) is -0.130. The molecule has 4 heterocycles. The summed E-state index contributed by atoms with van der Waals surface area (Å²) in [6, 6.07) is 8.55. The third-order valence-electron chi connectivity index (χ3n) is 7.13. The van der Waals surface area contributed by atoms with Crippen LogP contribution in [0, 0.1) is 5.82 Å². The van der Waals surface area contributed by atoms with E-state index in [1.807, 2.05) is 4.90 Å². The number of benzene rings is 1. The maximum absolute atomic E-state index is 13.7. The van der Waals surface area contributed by atoms with Crippen LogP contribution in [0.1, 0.15) is 30.5 Å². The molecule has 2 aliphatic heterocycles. The summed E-state index contributed by atoms with van der Waals surface area (Å²) in [4.78, 5) is 20.4. The van der Waals surface area contributed by atoms with Crippen molar-refractivity contribution < 1.29 is 22.4 Å². The first-order valence-electron chi connectivity index (χ1n) is 11.8. The number of hydrogen-bond acceptors (Lipinski definition) is 5. The van der Waals surface area contributed by atoms with Gasteiger partial charge in [0.1, 0.15) is 16.2 Å². The Morgan fingerprint density at radius 2 is 1.78 bits per heavy atom. The van der Waals surface area contributed by atoms with Gasteiger partial charge in [0, 0.05) is 37.2 Å². The Morgan fingerprint density at radius 1 is 1.08 bits per heavy atom. The molecule has 2 saturated heterocycles. The standard InChI is InChI=1S/C24H25BrF4N6O/c25-19-13-21-31-18(24(27,28)29)12-20(35(21)32-19)30-15-23(16-2-4-17(26)5-3-16)6-10-34(11-7-23)22(36)14-33-8-1-9-33/h2-5,12-13,30H,1,6-11,14-15H2. The maximum Gasteiger partial charge on any atom is 0.433 e. The van der Waals surface area contributed by atoms with E-state index in [9.17, 15) is 22.4 Å². The highest BCUT2D eigenvalue weighted by Gasteiger charge is 2.39. The number of likely N-dealkylation sites (tertiary alicyclic amines) is 2. The van der Waals surface area contributed by atoms with Gasteiger partial charge in [0.15, 0.2) is 11.3 Å². The van der Waals surface area contributed by atoms with Crippen molar-refractivity contribution in [2.75, 3.05) is 44.6 Å². The maximum atomic E-state index is 13.7. The Balaban J connectivity index is 1.40. The van der Waals surface area contributed by atoms with E-state index in [-0.39, 0.29) is 29.7 Å². The van der Waals surface area contributed by atoms with Gasteiger partial charge in [-0.05, 0) is 66.0 Å². The normalized spacial score (nSPS) is 18.3. The van der Waals surface area contributed by atoms with Crippen LogP contribution in [-0.4, -0.2) is 69.6 Å². The van der Waals surface area contributed by atoms with Gasteiger partial charge in [-0.2, -0.15) is 22.8 Å². The van der Waals surface area contributed by atoms with Crippen LogP contribution in [0.3, 0.4) is 0 Å². The molecule has 2 aromatic heterocycles.